The molecular weight excluding hydrogens is 134 g/mol. The molecule has 11 heavy (non-hydrogen) atoms. The van der Waals surface area contributed by atoms with E-state index in [2.05, 4.69) is 25.7 Å². The Morgan fingerprint density at radius 1 is 1.27 bits per heavy atom. The van der Waals surface area contributed by atoms with Crippen molar-refractivity contribution in [2.45, 2.75) is 46.1 Å². The van der Waals surface area contributed by atoms with Gasteiger partial charge in [-0.25, -0.2) is 0 Å². The Morgan fingerprint density at radius 3 is 2.36 bits per heavy atom. The summed E-state index contributed by atoms with van der Waals surface area (Å²) in [4.78, 5) is 0. The maximum atomic E-state index is 5.81. The largest absolute Gasteiger partial charge is 0.327 e. The van der Waals surface area contributed by atoms with Crippen molar-refractivity contribution in [2.75, 3.05) is 0 Å². The smallest absolute Gasteiger partial charge is 0.0241 e. The van der Waals surface area contributed by atoms with Gasteiger partial charge < -0.3 is 5.73 Å². The summed E-state index contributed by atoms with van der Waals surface area (Å²) in [7, 11) is 0. The van der Waals surface area contributed by atoms with Gasteiger partial charge in [-0.15, -0.1) is 11.8 Å². The van der Waals surface area contributed by atoms with Crippen LogP contribution in [0.2, 0.25) is 0 Å². The Labute approximate surface area is 70.4 Å². The molecule has 0 bridgehead atoms. The molecule has 0 radical (unpaired) electrons. The van der Waals surface area contributed by atoms with Gasteiger partial charge >= 0.3 is 0 Å². The monoisotopic (exact) mass is 153 g/mol. The molecule has 0 saturated heterocycles. The van der Waals surface area contributed by atoms with Crippen molar-refractivity contribution in [1.29, 1.82) is 0 Å². The minimum absolute atomic E-state index is 0.282. The lowest BCUT2D eigenvalue weighted by molar-refractivity contribution is 0.501. The third kappa shape index (κ3) is 7.42. The van der Waals surface area contributed by atoms with Crippen LogP contribution in [0.3, 0.4) is 0 Å². The van der Waals surface area contributed by atoms with Crippen LogP contribution < -0.4 is 5.73 Å². The van der Waals surface area contributed by atoms with Crippen LogP contribution in [0, 0.1) is 17.8 Å². The number of rotatable bonds is 4. The lowest BCUT2D eigenvalue weighted by atomic mass is 10.0. The van der Waals surface area contributed by atoms with Gasteiger partial charge in [0.25, 0.3) is 0 Å². The van der Waals surface area contributed by atoms with Gasteiger partial charge in [-0.1, -0.05) is 13.8 Å². The van der Waals surface area contributed by atoms with Crippen molar-refractivity contribution < 1.29 is 0 Å². The average Bonchev–Trinajstić information content (AvgIpc) is 1.97. The van der Waals surface area contributed by atoms with Crippen molar-refractivity contribution in [3.05, 3.63) is 0 Å². The molecule has 0 spiro atoms. The van der Waals surface area contributed by atoms with E-state index in [1.54, 1.807) is 0 Å². The first-order valence-electron chi connectivity index (χ1n) is 4.32. The molecule has 0 amide bonds. The molecule has 1 atom stereocenters. The minimum atomic E-state index is 0.282. The molecule has 0 aliphatic carbocycles. The molecule has 2 N–H and O–H groups in total. The summed E-state index contributed by atoms with van der Waals surface area (Å²) in [5.74, 6) is 6.61. The third-order valence-electron chi connectivity index (χ3n) is 1.66. The van der Waals surface area contributed by atoms with E-state index in [4.69, 9.17) is 5.73 Å². The zero-order valence-corrected chi connectivity index (χ0v) is 7.85. The fourth-order valence-electron chi connectivity index (χ4n) is 0.883. The molecule has 0 fully saturated rings. The summed E-state index contributed by atoms with van der Waals surface area (Å²) >= 11 is 0. The standard InChI is InChI=1S/C10H19N/c1-4-5-6-10(11)8-7-9(2)3/h9-10H,6-8,11H2,1-3H3. The van der Waals surface area contributed by atoms with Gasteiger partial charge in [0.05, 0.1) is 0 Å². The Hall–Kier alpha value is -0.480. The molecule has 64 valence electrons. The highest BCUT2D eigenvalue weighted by Gasteiger charge is 2.01. The van der Waals surface area contributed by atoms with Crippen LogP contribution >= 0.6 is 0 Å². The predicted molar refractivity (Wildman–Crippen MR) is 50.1 cm³/mol. The van der Waals surface area contributed by atoms with Crippen molar-refractivity contribution >= 4 is 0 Å². The van der Waals surface area contributed by atoms with Crippen LogP contribution in [-0.4, -0.2) is 6.04 Å². The average molecular weight is 153 g/mol. The predicted octanol–water partition coefficient (Wildman–Crippen LogP) is 2.16. The van der Waals surface area contributed by atoms with E-state index >= 15 is 0 Å². The van der Waals surface area contributed by atoms with Crippen molar-refractivity contribution in [2.24, 2.45) is 11.7 Å². The summed E-state index contributed by atoms with van der Waals surface area (Å²) in [5.41, 5.74) is 5.81. The van der Waals surface area contributed by atoms with E-state index in [0.29, 0.717) is 0 Å². The molecule has 0 aromatic rings. The normalized spacial score (nSPS) is 12.5. The van der Waals surface area contributed by atoms with Gasteiger partial charge in [0.1, 0.15) is 0 Å². The van der Waals surface area contributed by atoms with Gasteiger partial charge in [0.2, 0.25) is 0 Å². The van der Waals surface area contributed by atoms with Gasteiger partial charge in [0.15, 0.2) is 0 Å². The molecule has 1 unspecified atom stereocenters. The van der Waals surface area contributed by atoms with Crippen molar-refractivity contribution in [3.8, 4) is 11.8 Å². The molecular formula is C10H19N. The topological polar surface area (TPSA) is 26.0 Å². The highest BCUT2D eigenvalue weighted by molar-refractivity contribution is 4.97. The Kier molecular flexibility index (Phi) is 5.97. The first-order valence-corrected chi connectivity index (χ1v) is 4.32. The maximum absolute atomic E-state index is 5.81. The summed E-state index contributed by atoms with van der Waals surface area (Å²) in [6, 6.07) is 0.282. The third-order valence-corrected chi connectivity index (χ3v) is 1.66. The highest BCUT2D eigenvalue weighted by Crippen LogP contribution is 2.06. The molecule has 0 saturated carbocycles. The molecule has 0 aromatic carbocycles. The second kappa shape index (κ2) is 6.24. The summed E-state index contributed by atoms with van der Waals surface area (Å²) < 4.78 is 0. The van der Waals surface area contributed by atoms with Crippen LogP contribution in [0.1, 0.15) is 40.0 Å². The Bertz CT molecular complexity index is 139. The second-order valence-corrected chi connectivity index (χ2v) is 3.36. The molecule has 0 aliphatic heterocycles. The van der Waals surface area contributed by atoms with E-state index in [9.17, 15) is 0 Å². The van der Waals surface area contributed by atoms with Crippen molar-refractivity contribution in [1.82, 2.24) is 0 Å². The zero-order chi connectivity index (χ0) is 8.69. The molecule has 1 heteroatoms. The van der Waals surface area contributed by atoms with Crippen molar-refractivity contribution in [3.63, 3.8) is 0 Å². The van der Waals surface area contributed by atoms with E-state index in [1.165, 1.54) is 6.42 Å². The molecule has 0 heterocycles. The van der Waals surface area contributed by atoms with Gasteiger partial charge in [-0.3, -0.25) is 0 Å². The molecule has 0 aromatic heterocycles. The van der Waals surface area contributed by atoms with E-state index in [-0.39, 0.29) is 6.04 Å². The summed E-state index contributed by atoms with van der Waals surface area (Å²) in [6.45, 7) is 6.30. The van der Waals surface area contributed by atoms with Crippen LogP contribution in [0.5, 0.6) is 0 Å². The Balaban J connectivity index is 3.34. The van der Waals surface area contributed by atoms with E-state index in [1.807, 2.05) is 6.92 Å². The highest BCUT2D eigenvalue weighted by atomic mass is 14.6. The lowest BCUT2D eigenvalue weighted by Crippen LogP contribution is -2.19. The quantitative estimate of drug-likeness (QED) is 0.615. The SMILES string of the molecule is CC#CCC(N)CCC(C)C. The first-order chi connectivity index (χ1) is 5.16. The van der Waals surface area contributed by atoms with Gasteiger partial charge in [0, 0.05) is 12.5 Å². The first kappa shape index (κ1) is 10.5. The molecule has 1 nitrogen and oxygen atoms in total. The van der Waals surface area contributed by atoms with E-state index < -0.39 is 0 Å². The summed E-state index contributed by atoms with van der Waals surface area (Å²) in [6.07, 6.45) is 3.17. The maximum Gasteiger partial charge on any atom is 0.0241 e. The second-order valence-electron chi connectivity index (χ2n) is 3.36. The van der Waals surface area contributed by atoms with Crippen LogP contribution in [0.15, 0.2) is 0 Å². The van der Waals surface area contributed by atoms with Gasteiger partial charge in [-0.2, -0.15) is 0 Å². The van der Waals surface area contributed by atoms with Crippen LogP contribution in [0.4, 0.5) is 0 Å². The number of hydrogen-bond donors (Lipinski definition) is 1. The minimum Gasteiger partial charge on any atom is -0.327 e. The molecule has 0 rings (SSSR count). The Morgan fingerprint density at radius 2 is 1.91 bits per heavy atom. The summed E-state index contributed by atoms with van der Waals surface area (Å²) in [5, 5.41) is 0. The fourth-order valence-corrected chi connectivity index (χ4v) is 0.883. The number of nitrogens with two attached hydrogens (primary N) is 1. The molecule has 0 aliphatic rings. The number of hydrogen-bond acceptors (Lipinski definition) is 1. The van der Waals surface area contributed by atoms with Crippen LogP contribution in [0.25, 0.3) is 0 Å². The van der Waals surface area contributed by atoms with Gasteiger partial charge in [-0.05, 0) is 25.7 Å². The van der Waals surface area contributed by atoms with Crippen LogP contribution in [-0.2, 0) is 0 Å². The van der Waals surface area contributed by atoms with E-state index in [0.717, 1.165) is 18.8 Å². The zero-order valence-electron chi connectivity index (χ0n) is 7.85. The lowest BCUT2D eigenvalue weighted by Gasteiger charge is -2.09. The fraction of sp³-hybridized carbons (Fsp3) is 0.800.